The summed E-state index contributed by atoms with van der Waals surface area (Å²) in [7, 11) is 1.44. The molecule has 0 spiro atoms. The number of carbonyl (C=O) groups excluding carboxylic acids is 2. The average molecular weight is 391 g/mol. The van der Waals surface area contributed by atoms with Gasteiger partial charge in [0.1, 0.15) is 5.75 Å². The Morgan fingerprint density at radius 3 is 2.52 bits per heavy atom. The Kier molecular flexibility index (Phi) is 8.10. The first-order chi connectivity index (χ1) is 13.0. The van der Waals surface area contributed by atoms with E-state index in [-0.39, 0.29) is 12.3 Å². The molecule has 0 heterocycles. The normalized spacial score (nSPS) is 11.5. The van der Waals surface area contributed by atoms with E-state index in [2.05, 4.69) is 10.9 Å². The largest absolute Gasteiger partial charge is 0.493 e. The molecule has 0 aliphatic carbocycles. The lowest BCUT2D eigenvalue weighted by Gasteiger charge is -2.16. The highest BCUT2D eigenvalue weighted by Gasteiger charge is 2.20. The third kappa shape index (κ3) is 6.58. The lowest BCUT2D eigenvalue weighted by atomic mass is 10.1. The van der Waals surface area contributed by atoms with E-state index in [1.165, 1.54) is 7.11 Å². The number of methoxy groups -OCH3 is 1. The molecule has 27 heavy (non-hydrogen) atoms. The van der Waals surface area contributed by atoms with Crippen molar-refractivity contribution in [2.24, 2.45) is 0 Å². The lowest BCUT2D eigenvalue weighted by molar-refractivity contribution is -0.136. The molecule has 6 nitrogen and oxygen atoms in total. The zero-order valence-electron chi connectivity index (χ0n) is 15.3. The quantitative estimate of drug-likeness (QED) is 0.535. The molecule has 2 amide bonds. The molecule has 0 radical (unpaired) electrons. The lowest BCUT2D eigenvalue weighted by Crippen LogP contribution is -2.44. The van der Waals surface area contributed by atoms with Crippen molar-refractivity contribution in [3.05, 3.63) is 64.7 Å². The van der Waals surface area contributed by atoms with Gasteiger partial charge in [-0.15, -0.1) is 0 Å². The van der Waals surface area contributed by atoms with Crippen LogP contribution in [0.1, 0.15) is 30.1 Å². The Morgan fingerprint density at radius 1 is 1.11 bits per heavy atom. The van der Waals surface area contributed by atoms with Gasteiger partial charge >= 0.3 is 0 Å². The van der Waals surface area contributed by atoms with E-state index in [9.17, 15) is 9.59 Å². The Hall–Kier alpha value is -2.57. The first kappa shape index (κ1) is 20.7. The number of hydrazine groups is 1. The second-order valence-electron chi connectivity index (χ2n) is 5.93. The fourth-order valence-electron chi connectivity index (χ4n) is 2.47. The molecule has 0 saturated carbocycles. The minimum atomic E-state index is -0.789. The maximum absolute atomic E-state index is 12.2. The minimum Gasteiger partial charge on any atom is -0.493 e. The first-order valence-electron chi connectivity index (χ1n) is 8.56. The smallest absolute Gasteiger partial charge is 0.272 e. The van der Waals surface area contributed by atoms with Crippen molar-refractivity contribution in [2.75, 3.05) is 13.7 Å². The van der Waals surface area contributed by atoms with Crippen molar-refractivity contribution in [2.45, 2.75) is 25.9 Å². The van der Waals surface area contributed by atoms with Crippen molar-refractivity contribution in [1.29, 1.82) is 0 Å². The van der Waals surface area contributed by atoms with Crippen molar-refractivity contribution < 1.29 is 19.1 Å². The number of rotatable bonds is 8. The fourth-order valence-corrected chi connectivity index (χ4v) is 2.70. The zero-order valence-corrected chi connectivity index (χ0v) is 16.1. The predicted octanol–water partition coefficient (Wildman–Crippen LogP) is 3.34. The molecule has 2 aromatic rings. The van der Waals surface area contributed by atoms with Crippen molar-refractivity contribution in [3.63, 3.8) is 0 Å². The van der Waals surface area contributed by atoms with E-state index in [1.807, 2.05) is 31.2 Å². The minimum absolute atomic E-state index is 0.218. The summed E-state index contributed by atoms with van der Waals surface area (Å²) in [6.45, 7) is 2.29. The third-order valence-electron chi connectivity index (χ3n) is 3.84. The summed E-state index contributed by atoms with van der Waals surface area (Å²) >= 11 is 5.90. The predicted molar refractivity (Wildman–Crippen MR) is 103 cm³/mol. The van der Waals surface area contributed by atoms with Crippen LogP contribution in [0.15, 0.2) is 48.5 Å². The third-order valence-corrected chi connectivity index (χ3v) is 4.08. The van der Waals surface area contributed by atoms with Gasteiger partial charge in [0.15, 0.2) is 6.10 Å². The maximum Gasteiger partial charge on any atom is 0.272 e. The molecule has 0 saturated heterocycles. The summed E-state index contributed by atoms with van der Waals surface area (Å²) in [5.74, 6) is -0.00769. The molecule has 1 atom stereocenters. The highest BCUT2D eigenvalue weighted by atomic mass is 35.5. The van der Waals surface area contributed by atoms with Gasteiger partial charge in [0.25, 0.3) is 5.91 Å². The Labute approximate surface area is 163 Å². The number of halogens is 1. The van der Waals surface area contributed by atoms with Crippen molar-refractivity contribution in [3.8, 4) is 5.75 Å². The molecule has 144 valence electrons. The molecule has 0 aromatic heterocycles. The Bertz CT molecular complexity index is 768. The molecule has 0 fully saturated rings. The molecule has 0 aliphatic heterocycles. The van der Waals surface area contributed by atoms with E-state index < -0.39 is 12.0 Å². The number of carbonyl (C=O) groups is 2. The molecule has 2 N–H and O–H groups in total. The van der Waals surface area contributed by atoms with Gasteiger partial charge in [-0.05, 0) is 42.7 Å². The second-order valence-corrected chi connectivity index (χ2v) is 6.36. The Balaban J connectivity index is 1.70. The van der Waals surface area contributed by atoms with Crippen LogP contribution in [0.5, 0.6) is 5.75 Å². The van der Waals surface area contributed by atoms with Gasteiger partial charge in [0.05, 0.1) is 6.61 Å². The zero-order chi connectivity index (χ0) is 19.6. The van der Waals surface area contributed by atoms with Crippen LogP contribution in [0.2, 0.25) is 5.02 Å². The molecule has 1 unspecified atom stereocenters. The van der Waals surface area contributed by atoms with E-state index in [4.69, 9.17) is 21.1 Å². The van der Waals surface area contributed by atoms with Crippen LogP contribution in [0.3, 0.4) is 0 Å². The average Bonchev–Trinajstić information content (AvgIpc) is 2.66. The fraction of sp³-hybridized carbons (Fsp3) is 0.300. The van der Waals surface area contributed by atoms with Crippen LogP contribution in [0.4, 0.5) is 0 Å². The van der Waals surface area contributed by atoms with Crippen LogP contribution in [0, 0.1) is 6.92 Å². The SMILES string of the molecule is COC(C(=O)NNC(=O)CCCOc1ccc(Cl)cc1C)c1ccccc1. The summed E-state index contributed by atoms with van der Waals surface area (Å²) in [5, 5.41) is 0.653. The molecular formula is C20H23ClN2O4. The van der Waals surface area contributed by atoms with Crippen LogP contribution in [0.25, 0.3) is 0 Å². The number of amides is 2. The van der Waals surface area contributed by atoms with Crippen molar-refractivity contribution >= 4 is 23.4 Å². The molecule has 2 rings (SSSR count). The van der Waals surface area contributed by atoms with Gasteiger partial charge in [0.2, 0.25) is 5.91 Å². The van der Waals surface area contributed by atoms with E-state index in [1.54, 1.807) is 24.3 Å². The standard InChI is InChI=1S/C20H23ClN2O4/c1-14-13-16(21)10-11-17(14)27-12-6-9-18(24)22-23-20(25)19(26-2)15-7-4-3-5-8-15/h3-5,7-8,10-11,13,19H,6,9,12H2,1-2H3,(H,22,24)(H,23,25). The van der Waals surface area contributed by atoms with E-state index in [0.717, 1.165) is 11.3 Å². The van der Waals surface area contributed by atoms with Gasteiger partial charge in [-0.3, -0.25) is 20.4 Å². The van der Waals surface area contributed by atoms with Crippen LogP contribution in [-0.2, 0) is 14.3 Å². The number of ether oxygens (including phenoxy) is 2. The van der Waals surface area contributed by atoms with Crippen LogP contribution < -0.4 is 15.6 Å². The number of benzene rings is 2. The number of nitrogens with one attached hydrogen (secondary N) is 2. The topological polar surface area (TPSA) is 76.7 Å². The highest BCUT2D eigenvalue weighted by Crippen LogP contribution is 2.22. The van der Waals surface area contributed by atoms with Crippen LogP contribution >= 0.6 is 11.6 Å². The van der Waals surface area contributed by atoms with Gasteiger partial charge in [0, 0.05) is 18.6 Å². The summed E-state index contributed by atoms with van der Waals surface area (Å²) in [6, 6.07) is 14.4. The first-order valence-corrected chi connectivity index (χ1v) is 8.94. The van der Waals surface area contributed by atoms with Crippen LogP contribution in [-0.4, -0.2) is 25.5 Å². The molecule has 2 aromatic carbocycles. The number of aryl methyl sites for hydroxylation is 1. The Morgan fingerprint density at radius 2 is 1.85 bits per heavy atom. The highest BCUT2D eigenvalue weighted by molar-refractivity contribution is 6.30. The van der Waals surface area contributed by atoms with Crippen molar-refractivity contribution in [1.82, 2.24) is 10.9 Å². The van der Waals surface area contributed by atoms with E-state index >= 15 is 0 Å². The van der Waals surface area contributed by atoms with Gasteiger partial charge in [-0.2, -0.15) is 0 Å². The number of hydrogen-bond donors (Lipinski definition) is 2. The molecule has 0 bridgehead atoms. The summed E-state index contributed by atoms with van der Waals surface area (Å²) < 4.78 is 10.8. The molecule has 0 aliphatic rings. The molecular weight excluding hydrogens is 368 g/mol. The number of hydrogen-bond acceptors (Lipinski definition) is 4. The summed E-state index contributed by atoms with van der Waals surface area (Å²) in [6.07, 6.45) is -0.0609. The van der Waals surface area contributed by atoms with Gasteiger partial charge in [-0.1, -0.05) is 41.9 Å². The van der Waals surface area contributed by atoms with E-state index in [0.29, 0.717) is 23.6 Å². The second kappa shape index (κ2) is 10.5. The summed E-state index contributed by atoms with van der Waals surface area (Å²) in [5.41, 5.74) is 6.42. The summed E-state index contributed by atoms with van der Waals surface area (Å²) in [4.78, 5) is 24.1. The maximum atomic E-state index is 12.2. The molecule has 7 heteroatoms. The van der Waals surface area contributed by atoms with Gasteiger partial charge < -0.3 is 9.47 Å². The monoisotopic (exact) mass is 390 g/mol. The van der Waals surface area contributed by atoms with Gasteiger partial charge in [-0.25, -0.2) is 0 Å².